The zero-order valence-corrected chi connectivity index (χ0v) is 13.1. The van der Waals surface area contributed by atoms with Gasteiger partial charge in [-0.3, -0.25) is 0 Å². The second-order valence-electron chi connectivity index (χ2n) is 4.42. The summed E-state index contributed by atoms with van der Waals surface area (Å²) >= 11 is 5.29. The summed E-state index contributed by atoms with van der Waals surface area (Å²) in [4.78, 5) is 1.39. The van der Waals surface area contributed by atoms with E-state index in [0.717, 1.165) is 10.9 Å². The van der Waals surface area contributed by atoms with Gasteiger partial charge < -0.3 is 5.32 Å². The first-order valence-corrected chi connectivity index (χ1v) is 7.93. The van der Waals surface area contributed by atoms with E-state index in [9.17, 15) is 0 Å². The molecule has 2 atom stereocenters. The Bertz CT molecular complexity index is 464. The number of halogens is 1. The quantitative estimate of drug-likeness (QED) is 0.785. The fraction of sp³-hybridized carbons (Fsp3) is 0.333. The van der Waals surface area contributed by atoms with Crippen molar-refractivity contribution in [3.8, 4) is 0 Å². The van der Waals surface area contributed by atoms with E-state index in [0.29, 0.717) is 12.1 Å². The van der Waals surface area contributed by atoms with E-state index in [1.165, 1.54) is 10.4 Å². The topological polar surface area (TPSA) is 12.0 Å². The van der Waals surface area contributed by atoms with Crippen molar-refractivity contribution in [2.75, 3.05) is 0 Å². The lowest BCUT2D eigenvalue weighted by Gasteiger charge is -2.22. The highest BCUT2D eigenvalue weighted by atomic mass is 79.9. The van der Waals surface area contributed by atoms with Crippen LogP contribution < -0.4 is 5.32 Å². The summed E-state index contributed by atoms with van der Waals surface area (Å²) in [6.07, 6.45) is 1.09. The molecule has 0 saturated heterocycles. The maximum absolute atomic E-state index is 3.70. The van der Waals surface area contributed by atoms with E-state index in [2.05, 4.69) is 76.9 Å². The Morgan fingerprint density at radius 2 is 1.94 bits per heavy atom. The number of thiophene rings is 1. The number of hydrogen-bond acceptors (Lipinski definition) is 2. The van der Waals surface area contributed by atoms with E-state index in [-0.39, 0.29) is 0 Å². The molecule has 0 aliphatic rings. The predicted octanol–water partition coefficient (Wildman–Crippen LogP) is 5.31. The largest absolute Gasteiger partial charge is 0.303 e. The maximum atomic E-state index is 3.70. The lowest BCUT2D eigenvalue weighted by atomic mass is 10.0. The molecule has 0 bridgehead atoms. The minimum atomic E-state index is 0.401. The third-order valence-electron chi connectivity index (χ3n) is 3.10. The SMILES string of the molecule is CCC(NC(C)c1cccs1)c1ccc(Br)cc1. The molecule has 18 heavy (non-hydrogen) atoms. The molecule has 1 aromatic carbocycles. The summed E-state index contributed by atoms with van der Waals surface area (Å²) in [5.74, 6) is 0. The first-order chi connectivity index (χ1) is 8.70. The van der Waals surface area contributed by atoms with E-state index in [1.54, 1.807) is 0 Å². The molecule has 1 heterocycles. The molecule has 0 fully saturated rings. The van der Waals surface area contributed by atoms with Crippen molar-refractivity contribution in [3.63, 3.8) is 0 Å². The molecule has 0 saturated carbocycles. The molecule has 2 aromatic rings. The van der Waals surface area contributed by atoms with Crippen LogP contribution in [-0.4, -0.2) is 0 Å². The van der Waals surface area contributed by atoms with E-state index in [1.807, 2.05) is 11.3 Å². The van der Waals surface area contributed by atoms with E-state index >= 15 is 0 Å². The average molecular weight is 324 g/mol. The summed E-state index contributed by atoms with van der Waals surface area (Å²) in [5, 5.41) is 5.83. The molecule has 0 aliphatic carbocycles. The fourth-order valence-electron chi connectivity index (χ4n) is 2.07. The number of hydrogen-bond donors (Lipinski definition) is 1. The fourth-order valence-corrected chi connectivity index (χ4v) is 3.07. The molecule has 1 N–H and O–H groups in total. The monoisotopic (exact) mass is 323 g/mol. The van der Waals surface area contributed by atoms with Gasteiger partial charge in [-0.05, 0) is 42.5 Å². The number of nitrogens with one attached hydrogen (secondary N) is 1. The van der Waals surface area contributed by atoms with Crippen LogP contribution in [0.4, 0.5) is 0 Å². The second kappa shape index (κ2) is 6.50. The molecule has 2 rings (SSSR count). The van der Waals surface area contributed by atoms with Crippen molar-refractivity contribution in [1.29, 1.82) is 0 Å². The van der Waals surface area contributed by atoms with Crippen molar-refractivity contribution in [3.05, 3.63) is 56.7 Å². The Morgan fingerprint density at radius 1 is 1.22 bits per heavy atom. The highest BCUT2D eigenvalue weighted by Crippen LogP contribution is 2.25. The normalized spacial score (nSPS) is 14.4. The molecule has 2 unspecified atom stereocenters. The molecule has 0 aliphatic heterocycles. The van der Waals surface area contributed by atoms with Crippen molar-refractivity contribution >= 4 is 27.3 Å². The Hall–Kier alpha value is -0.640. The van der Waals surface area contributed by atoms with Crippen LogP contribution in [0.2, 0.25) is 0 Å². The maximum Gasteiger partial charge on any atom is 0.0391 e. The highest BCUT2D eigenvalue weighted by Gasteiger charge is 2.14. The van der Waals surface area contributed by atoms with Crippen molar-refractivity contribution in [2.24, 2.45) is 0 Å². The summed E-state index contributed by atoms with van der Waals surface area (Å²) in [5.41, 5.74) is 1.35. The van der Waals surface area contributed by atoms with Gasteiger partial charge in [0.2, 0.25) is 0 Å². The highest BCUT2D eigenvalue weighted by molar-refractivity contribution is 9.10. The van der Waals surface area contributed by atoms with Crippen LogP contribution in [0, 0.1) is 0 Å². The second-order valence-corrected chi connectivity index (χ2v) is 6.31. The first-order valence-electron chi connectivity index (χ1n) is 6.25. The van der Waals surface area contributed by atoms with Gasteiger partial charge in [-0.15, -0.1) is 11.3 Å². The van der Waals surface area contributed by atoms with Crippen LogP contribution in [-0.2, 0) is 0 Å². The number of benzene rings is 1. The molecular weight excluding hydrogens is 306 g/mol. The number of rotatable bonds is 5. The van der Waals surface area contributed by atoms with Crippen LogP contribution in [0.1, 0.15) is 42.8 Å². The van der Waals surface area contributed by atoms with Gasteiger partial charge in [-0.1, -0.05) is 41.1 Å². The van der Waals surface area contributed by atoms with Gasteiger partial charge in [0.05, 0.1) is 0 Å². The van der Waals surface area contributed by atoms with Crippen LogP contribution >= 0.6 is 27.3 Å². The summed E-state index contributed by atoms with van der Waals surface area (Å²) in [7, 11) is 0. The van der Waals surface area contributed by atoms with Crippen LogP contribution in [0.15, 0.2) is 46.3 Å². The molecular formula is C15H18BrNS. The van der Waals surface area contributed by atoms with Gasteiger partial charge in [-0.25, -0.2) is 0 Å². The summed E-state index contributed by atoms with van der Waals surface area (Å²) < 4.78 is 1.13. The van der Waals surface area contributed by atoms with Gasteiger partial charge >= 0.3 is 0 Å². The van der Waals surface area contributed by atoms with E-state index in [4.69, 9.17) is 0 Å². The van der Waals surface area contributed by atoms with Gasteiger partial charge in [0.15, 0.2) is 0 Å². The van der Waals surface area contributed by atoms with Crippen molar-refractivity contribution in [1.82, 2.24) is 5.32 Å². The van der Waals surface area contributed by atoms with Crippen molar-refractivity contribution < 1.29 is 0 Å². The third kappa shape index (κ3) is 3.44. The predicted molar refractivity (Wildman–Crippen MR) is 83.0 cm³/mol. The lowest BCUT2D eigenvalue weighted by Crippen LogP contribution is -2.23. The molecule has 1 aromatic heterocycles. The smallest absolute Gasteiger partial charge is 0.0391 e. The molecule has 0 radical (unpaired) electrons. The van der Waals surface area contributed by atoms with Crippen molar-refractivity contribution in [2.45, 2.75) is 32.4 Å². The standard InChI is InChI=1S/C15H18BrNS/c1-3-14(12-6-8-13(16)9-7-12)17-11(2)15-5-4-10-18-15/h4-11,14,17H,3H2,1-2H3. The molecule has 0 amide bonds. The minimum Gasteiger partial charge on any atom is -0.303 e. The van der Waals surface area contributed by atoms with Crippen LogP contribution in [0.3, 0.4) is 0 Å². The van der Waals surface area contributed by atoms with Gasteiger partial charge in [-0.2, -0.15) is 0 Å². The minimum absolute atomic E-state index is 0.401. The zero-order valence-electron chi connectivity index (χ0n) is 10.7. The molecule has 0 spiro atoms. The summed E-state index contributed by atoms with van der Waals surface area (Å²) in [6, 6.07) is 13.7. The first kappa shape index (κ1) is 13.8. The summed E-state index contributed by atoms with van der Waals surface area (Å²) in [6.45, 7) is 4.45. The van der Waals surface area contributed by atoms with Gasteiger partial charge in [0.25, 0.3) is 0 Å². The molecule has 1 nitrogen and oxygen atoms in total. The van der Waals surface area contributed by atoms with Crippen LogP contribution in [0.5, 0.6) is 0 Å². The Balaban J connectivity index is 2.07. The Labute approximate surface area is 121 Å². The van der Waals surface area contributed by atoms with E-state index < -0.39 is 0 Å². The zero-order chi connectivity index (χ0) is 13.0. The molecule has 96 valence electrons. The Kier molecular flexibility index (Phi) is 4.98. The van der Waals surface area contributed by atoms with Crippen LogP contribution in [0.25, 0.3) is 0 Å². The molecule has 3 heteroatoms. The Morgan fingerprint density at radius 3 is 2.50 bits per heavy atom. The lowest BCUT2D eigenvalue weighted by molar-refractivity contribution is 0.460. The van der Waals surface area contributed by atoms with Gasteiger partial charge in [0, 0.05) is 21.4 Å². The van der Waals surface area contributed by atoms with Gasteiger partial charge in [0.1, 0.15) is 0 Å². The third-order valence-corrected chi connectivity index (χ3v) is 4.69. The average Bonchev–Trinajstić information content (AvgIpc) is 2.91.